The van der Waals surface area contributed by atoms with Crippen molar-refractivity contribution >= 4 is 17.3 Å². The Labute approximate surface area is 105 Å². The molecule has 0 aliphatic carbocycles. The van der Waals surface area contributed by atoms with E-state index in [0.29, 0.717) is 18.2 Å². The van der Waals surface area contributed by atoms with Crippen LogP contribution in [0.3, 0.4) is 0 Å². The third kappa shape index (κ3) is 3.16. The van der Waals surface area contributed by atoms with E-state index in [1.165, 1.54) is 13.4 Å². The second kappa shape index (κ2) is 5.95. The molecule has 0 saturated heterocycles. The summed E-state index contributed by atoms with van der Waals surface area (Å²) in [5.74, 6) is 1.27. The lowest BCUT2D eigenvalue weighted by molar-refractivity contribution is 0.269. The van der Waals surface area contributed by atoms with Crippen molar-refractivity contribution in [2.45, 2.75) is 6.54 Å². The molecule has 0 aliphatic rings. The van der Waals surface area contributed by atoms with Crippen LogP contribution in [0, 0.1) is 0 Å². The molecule has 0 fully saturated rings. The van der Waals surface area contributed by atoms with Crippen LogP contribution in [-0.4, -0.2) is 17.1 Å². The van der Waals surface area contributed by atoms with Gasteiger partial charge in [0.1, 0.15) is 12.1 Å². The van der Waals surface area contributed by atoms with E-state index >= 15 is 0 Å². The van der Waals surface area contributed by atoms with Gasteiger partial charge in [-0.1, -0.05) is 12.1 Å². The number of hydrogen-bond acceptors (Lipinski definition) is 6. The van der Waals surface area contributed by atoms with Crippen molar-refractivity contribution in [1.29, 1.82) is 0 Å². The summed E-state index contributed by atoms with van der Waals surface area (Å²) < 4.78 is 0. The fraction of sp³-hybridized carbons (Fsp3) is 0.167. The van der Waals surface area contributed by atoms with E-state index in [9.17, 15) is 0 Å². The molecular formula is C12H15N5O. The van der Waals surface area contributed by atoms with E-state index in [-0.39, 0.29) is 0 Å². The highest BCUT2D eigenvalue weighted by molar-refractivity contribution is 5.59. The molecule has 0 aliphatic heterocycles. The summed E-state index contributed by atoms with van der Waals surface area (Å²) in [7, 11) is 1.53. The number of aromatic nitrogens is 2. The molecule has 0 atom stereocenters. The van der Waals surface area contributed by atoms with Crippen LogP contribution in [-0.2, 0) is 11.4 Å². The number of hydrogen-bond donors (Lipinski definition) is 3. The summed E-state index contributed by atoms with van der Waals surface area (Å²) in [5.41, 5.74) is 10.2. The molecule has 0 amide bonds. The lowest BCUT2D eigenvalue weighted by Crippen LogP contribution is -2.01. The van der Waals surface area contributed by atoms with E-state index in [1.54, 1.807) is 6.07 Å². The van der Waals surface area contributed by atoms with Gasteiger partial charge in [-0.3, -0.25) is 4.84 Å². The smallest absolute Gasteiger partial charge is 0.155 e. The van der Waals surface area contributed by atoms with Gasteiger partial charge in [0.2, 0.25) is 0 Å². The van der Waals surface area contributed by atoms with Crippen molar-refractivity contribution in [3.8, 4) is 0 Å². The lowest BCUT2D eigenvalue weighted by atomic mass is 10.2. The van der Waals surface area contributed by atoms with Crippen molar-refractivity contribution in [2.24, 2.45) is 5.73 Å². The largest absolute Gasteiger partial charge is 0.340 e. The van der Waals surface area contributed by atoms with Crippen LogP contribution in [0.1, 0.15) is 5.56 Å². The zero-order valence-corrected chi connectivity index (χ0v) is 10.1. The standard InChI is InChI=1S/C12H15N5O/c1-18-17-12-6-11(14-8-15-12)16-10-4-2-3-9(5-10)7-13/h2-6,8H,7,13H2,1H3,(H2,14,15,16,17). The molecule has 6 nitrogen and oxygen atoms in total. The molecule has 0 spiro atoms. The first-order chi connectivity index (χ1) is 8.81. The van der Waals surface area contributed by atoms with E-state index in [1.807, 2.05) is 24.3 Å². The molecule has 1 aromatic carbocycles. The number of nitrogens with two attached hydrogens (primary N) is 1. The molecule has 94 valence electrons. The highest BCUT2D eigenvalue weighted by Gasteiger charge is 1.99. The van der Waals surface area contributed by atoms with Gasteiger partial charge in [0.25, 0.3) is 0 Å². The Hall–Kier alpha value is -2.18. The third-order valence-corrected chi connectivity index (χ3v) is 2.31. The summed E-state index contributed by atoms with van der Waals surface area (Å²) in [6.45, 7) is 0.510. The van der Waals surface area contributed by atoms with Gasteiger partial charge < -0.3 is 11.1 Å². The molecule has 0 bridgehead atoms. The van der Waals surface area contributed by atoms with E-state index < -0.39 is 0 Å². The van der Waals surface area contributed by atoms with Crippen LogP contribution >= 0.6 is 0 Å². The lowest BCUT2D eigenvalue weighted by Gasteiger charge is -2.08. The maximum absolute atomic E-state index is 5.60. The number of benzene rings is 1. The monoisotopic (exact) mass is 245 g/mol. The Kier molecular flexibility index (Phi) is 4.06. The van der Waals surface area contributed by atoms with Crippen molar-refractivity contribution in [3.05, 3.63) is 42.2 Å². The summed E-state index contributed by atoms with van der Waals surface area (Å²) >= 11 is 0. The first-order valence-corrected chi connectivity index (χ1v) is 5.49. The van der Waals surface area contributed by atoms with Gasteiger partial charge in [0.05, 0.1) is 7.11 Å². The molecule has 0 unspecified atom stereocenters. The second-order valence-electron chi connectivity index (χ2n) is 3.62. The Morgan fingerprint density at radius 3 is 2.83 bits per heavy atom. The molecule has 0 saturated carbocycles. The first-order valence-electron chi connectivity index (χ1n) is 5.49. The molecule has 18 heavy (non-hydrogen) atoms. The van der Waals surface area contributed by atoms with Crippen molar-refractivity contribution in [1.82, 2.24) is 9.97 Å². The molecular weight excluding hydrogens is 230 g/mol. The number of nitrogens with one attached hydrogen (secondary N) is 2. The summed E-state index contributed by atoms with van der Waals surface area (Å²) in [5, 5.41) is 3.18. The second-order valence-corrected chi connectivity index (χ2v) is 3.62. The van der Waals surface area contributed by atoms with Gasteiger partial charge in [-0.25, -0.2) is 15.4 Å². The topological polar surface area (TPSA) is 85.1 Å². The Morgan fingerprint density at radius 2 is 2.06 bits per heavy atom. The highest BCUT2D eigenvalue weighted by atomic mass is 16.6. The van der Waals surface area contributed by atoms with Gasteiger partial charge in [0.15, 0.2) is 5.82 Å². The maximum Gasteiger partial charge on any atom is 0.155 e. The van der Waals surface area contributed by atoms with Gasteiger partial charge in [-0.15, -0.1) is 0 Å². The maximum atomic E-state index is 5.60. The molecule has 6 heteroatoms. The quantitative estimate of drug-likeness (QED) is 0.694. The molecule has 1 aromatic heterocycles. The molecule has 1 heterocycles. The average molecular weight is 245 g/mol. The van der Waals surface area contributed by atoms with Crippen LogP contribution < -0.4 is 16.5 Å². The Balaban J connectivity index is 2.14. The van der Waals surface area contributed by atoms with Gasteiger partial charge in [-0.2, -0.15) is 0 Å². The number of rotatable bonds is 5. The fourth-order valence-corrected chi connectivity index (χ4v) is 1.51. The minimum atomic E-state index is 0.510. The SMILES string of the molecule is CONc1cc(Nc2cccc(CN)c2)ncn1. The minimum absolute atomic E-state index is 0.510. The molecule has 0 radical (unpaired) electrons. The van der Waals surface area contributed by atoms with Crippen LogP contribution in [0.4, 0.5) is 17.3 Å². The van der Waals surface area contributed by atoms with Gasteiger partial charge in [0, 0.05) is 18.3 Å². The number of anilines is 3. The normalized spacial score (nSPS) is 10.1. The van der Waals surface area contributed by atoms with Crippen molar-refractivity contribution in [2.75, 3.05) is 17.9 Å². The van der Waals surface area contributed by atoms with Crippen LogP contribution in [0.2, 0.25) is 0 Å². The zero-order chi connectivity index (χ0) is 12.8. The average Bonchev–Trinajstić information content (AvgIpc) is 2.40. The Bertz CT molecular complexity index is 517. The van der Waals surface area contributed by atoms with E-state index in [2.05, 4.69) is 20.8 Å². The van der Waals surface area contributed by atoms with Crippen LogP contribution in [0.5, 0.6) is 0 Å². The molecule has 2 rings (SSSR count). The van der Waals surface area contributed by atoms with E-state index in [4.69, 9.17) is 10.6 Å². The van der Waals surface area contributed by atoms with Gasteiger partial charge in [-0.05, 0) is 17.7 Å². The highest BCUT2D eigenvalue weighted by Crippen LogP contribution is 2.17. The summed E-state index contributed by atoms with van der Waals surface area (Å²) in [6.07, 6.45) is 1.45. The van der Waals surface area contributed by atoms with Crippen LogP contribution in [0.25, 0.3) is 0 Å². The first kappa shape index (κ1) is 12.3. The number of nitrogens with zero attached hydrogens (tertiary/aromatic N) is 2. The van der Waals surface area contributed by atoms with Crippen molar-refractivity contribution in [3.63, 3.8) is 0 Å². The van der Waals surface area contributed by atoms with Crippen LogP contribution in [0.15, 0.2) is 36.7 Å². The van der Waals surface area contributed by atoms with E-state index in [0.717, 1.165) is 11.3 Å². The molecule has 4 N–H and O–H groups in total. The summed E-state index contributed by atoms with van der Waals surface area (Å²) in [6, 6.07) is 9.60. The summed E-state index contributed by atoms with van der Waals surface area (Å²) in [4.78, 5) is 12.9. The third-order valence-electron chi connectivity index (χ3n) is 2.31. The zero-order valence-electron chi connectivity index (χ0n) is 10.1. The Morgan fingerprint density at radius 1 is 1.22 bits per heavy atom. The van der Waals surface area contributed by atoms with Gasteiger partial charge >= 0.3 is 0 Å². The molecule has 2 aromatic rings. The predicted molar refractivity (Wildman–Crippen MR) is 70.3 cm³/mol. The predicted octanol–water partition coefficient (Wildman–Crippen LogP) is 1.65. The fourth-order valence-electron chi connectivity index (χ4n) is 1.51. The minimum Gasteiger partial charge on any atom is -0.340 e. The van der Waals surface area contributed by atoms with Crippen molar-refractivity contribution < 1.29 is 4.84 Å².